The van der Waals surface area contributed by atoms with Gasteiger partial charge in [-0.1, -0.05) is 25.6 Å². The van der Waals surface area contributed by atoms with Gasteiger partial charge in [-0.25, -0.2) is 0 Å². The van der Waals surface area contributed by atoms with Gasteiger partial charge in [0.1, 0.15) is 0 Å². The molecule has 0 aromatic carbocycles. The number of carbonyl (C=O) groups is 1. The van der Waals surface area contributed by atoms with E-state index >= 15 is 0 Å². The Hall–Kier alpha value is -0.710. The zero-order valence-electron chi connectivity index (χ0n) is 10.5. The van der Waals surface area contributed by atoms with Gasteiger partial charge in [-0.15, -0.1) is 0 Å². The highest BCUT2D eigenvalue weighted by Gasteiger charge is 2.29. The zero-order valence-corrected chi connectivity index (χ0v) is 11.3. The normalized spacial score (nSPS) is 23.7. The standard InChI is InChI=1S/C12H21N3OS/c1-8(2)10-7-15-12(17-10)14-6-5-13-11(16)9-3-4-9/h8-10H,3-7H2,1-2H3,(H,13,16)(H,14,15). The fourth-order valence-electron chi connectivity index (χ4n) is 1.68. The van der Waals surface area contributed by atoms with Gasteiger partial charge < -0.3 is 10.6 Å². The molecule has 2 aliphatic rings. The summed E-state index contributed by atoms with van der Waals surface area (Å²) in [6.07, 6.45) is 2.13. The lowest BCUT2D eigenvalue weighted by atomic mass is 10.1. The van der Waals surface area contributed by atoms with E-state index in [0.717, 1.165) is 31.1 Å². The van der Waals surface area contributed by atoms with Crippen LogP contribution in [0, 0.1) is 11.8 Å². The maximum Gasteiger partial charge on any atom is 0.223 e. The number of hydrogen-bond acceptors (Lipinski definition) is 4. The van der Waals surface area contributed by atoms with Crippen LogP contribution in [0.5, 0.6) is 0 Å². The average Bonchev–Trinajstić information content (AvgIpc) is 3.03. The Bertz CT molecular complexity index is 313. The number of nitrogens with one attached hydrogen (secondary N) is 2. The molecule has 2 rings (SSSR count). The monoisotopic (exact) mass is 255 g/mol. The highest BCUT2D eigenvalue weighted by molar-refractivity contribution is 8.14. The number of amides is 1. The second-order valence-corrected chi connectivity index (χ2v) is 6.27. The molecule has 1 aliphatic heterocycles. The average molecular weight is 255 g/mol. The van der Waals surface area contributed by atoms with Crippen molar-refractivity contribution in [1.29, 1.82) is 0 Å². The number of thioether (sulfide) groups is 1. The van der Waals surface area contributed by atoms with Crippen molar-refractivity contribution < 1.29 is 4.79 Å². The Morgan fingerprint density at radius 1 is 1.47 bits per heavy atom. The minimum Gasteiger partial charge on any atom is -0.363 e. The van der Waals surface area contributed by atoms with Crippen LogP contribution >= 0.6 is 11.8 Å². The molecule has 1 amide bonds. The van der Waals surface area contributed by atoms with Crippen LogP contribution in [-0.4, -0.2) is 36.0 Å². The molecule has 96 valence electrons. The largest absolute Gasteiger partial charge is 0.363 e. The van der Waals surface area contributed by atoms with Gasteiger partial charge in [0.25, 0.3) is 0 Å². The van der Waals surface area contributed by atoms with Crippen molar-refractivity contribution in [3.05, 3.63) is 0 Å². The molecule has 0 saturated heterocycles. The van der Waals surface area contributed by atoms with Crippen molar-refractivity contribution in [1.82, 2.24) is 10.6 Å². The van der Waals surface area contributed by atoms with E-state index in [0.29, 0.717) is 23.6 Å². The summed E-state index contributed by atoms with van der Waals surface area (Å²) in [5.41, 5.74) is 0. The summed E-state index contributed by atoms with van der Waals surface area (Å²) in [5.74, 6) is 1.18. The molecule has 5 heteroatoms. The number of rotatable bonds is 5. The molecule has 17 heavy (non-hydrogen) atoms. The summed E-state index contributed by atoms with van der Waals surface area (Å²) in [7, 11) is 0. The molecule has 0 bridgehead atoms. The summed E-state index contributed by atoms with van der Waals surface area (Å²) in [5, 5.41) is 7.86. The van der Waals surface area contributed by atoms with Crippen LogP contribution in [0.25, 0.3) is 0 Å². The molecule has 1 saturated carbocycles. The SMILES string of the molecule is CC(C)C1CN=C(NCCNC(=O)C2CC2)S1. The molecule has 1 aliphatic carbocycles. The van der Waals surface area contributed by atoms with Gasteiger partial charge in [0.2, 0.25) is 5.91 Å². The van der Waals surface area contributed by atoms with Gasteiger partial charge in [0.15, 0.2) is 5.17 Å². The minimum absolute atomic E-state index is 0.216. The molecule has 1 atom stereocenters. The molecule has 0 aromatic rings. The summed E-state index contributed by atoms with van der Waals surface area (Å²) in [6.45, 7) is 6.84. The molecule has 1 heterocycles. The second-order valence-electron chi connectivity index (χ2n) is 5.04. The van der Waals surface area contributed by atoms with Gasteiger partial charge in [-0.2, -0.15) is 0 Å². The van der Waals surface area contributed by atoms with Gasteiger partial charge in [-0.3, -0.25) is 9.79 Å². The summed E-state index contributed by atoms with van der Waals surface area (Å²) >= 11 is 1.82. The van der Waals surface area contributed by atoms with E-state index in [-0.39, 0.29) is 5.91 Å². The van der Waals surface area contributed by atoms with Crippen molar-refractivity contribution in [2.75, 3.05) is 19.6 Å². The van der Waals surface area contributed by atoms with E-state index < -0.39 is 0 Å². The van der Waals surface area contributed by atoms with Crippen molar-refractivity contribution in [2.24, 2.45) is 16.8 Å². The third kappa shape index (κ3) is 3.91. The first-order valence-corrected chi connectivity index (χ1v) is 7.27. The fourth-order valence-corrected chi connectivity index (χ4v) is 2.72. The second kappa shape index (κ2) is 5.76. The smallest absolute Gasteiger partial charge is 0.223 e. The lowest BCUT2D eigenvalue weighted by molar-refractivity contribution is -0.122. The van der Waals surface area contributed by atoms with E-state index in [1.54, 1.807) is 0 Å². The molecule has 1 fully saturated rings. The number of amidine groups is 1. The first-order chi connectivity index (χ1) is 8.16. The summed E-state index contributed by atoms with van der Waals surface area (Å²) < 4.78 is 0. The number of hydrogen-bond donors (Lipinski definition) is 2. The highest BCUT2D eigenvalue weighted by atomic mass is 32.2. The van der Waals surface area contributed by atoms with E-state index in [9.17, 15) is 4.79 Å². The Labute approximate surface area is 107 Å². The van der Waals surface area contributed by atoms with Crippen LogP contribution in [0.2, 0.25) is 0 Å². The van der Waals surface area contributed by atoms with Crippen molar-refractivity contribution in [3.63, 3.8) is 0 Å². The van der Waals surface area contributed by atoms with Gasteiger partial charge in [0.05, 0.1) is 6.54 Å². The van der Waals surface area contributed by atoms with E-state index in [1.165, 1.54) is 0 Å². The summed E-state index contributed by atoms with van der Waals surface area (Å²) in [4.78, 5) is 15.8. The van der Waals surface area contributed by atoms with Crippen LogP contribution in [0.4, 0.5) is 0 Å². The number of nitrogens with zero attached hydrogens (tertiary/aromatic N) is 1. The molecule has 4 nitrogen and oxygen atoms in total. The van der Waals surface area contributed by atoms with Gasteiger partial charge >= 0.3 is 0 Å². The van der Waals surface area contributed by atoms with Gasteiger partial charge in [-0.05, 0) is 18.8 Å². The van der Waals surface area contributed by atoms with Crippen LogP contribution in [0.3, 0.4) is 0 Å². The quantitative estimate of drug-likeness (QED) is 0.727. The molecule has 0 aromatic heterocycles. The first kappa shape index (κ1) is 12.7. The topological polar surface area (TPSA) is 53.5 Å². The van der Waals surface area contributed by atoms with Crippen molar-refractivity contribution >= 4 is 22.8 Å². The predicted octanol–water partition coefficient (Wildman–Crippen LogP) is 1.23. The van der Waals surface area contributed by atoms with Gasteiger partial charge in [0, 0.05) is 24.3 Å². The Morgan fingerprint density at radius 2 is 2.24 bits per heavy atom. The van der Waals surface area contributed by atoms with Crippen LogP contribution in [0.1, 0.15) is 26.7 Å². The van der Waals surface area contributed by atoms with Crippen molar-refractivity contribution in [3.8, 4) is 0 Å². The third-order valence-electron chi connectivity index (χ3n) is 3.07. The first-order valence-electron chi connectivity index (χ1n) is 6.39. The minimum atomic E-state index is 0.216. The molecule has 0 radical (unpaired) electrons. The van der Waals surface area contributed by atoms with Crippen LogP contribution in [-0.2, 0) is 4.79 Å². The summed E-state index contributed by atoms with van der Waals surface area (Å²) in [6, 6.07) is 0. The van der Waals surface area contributed by atoms with E-state index in [1.807, 2.05) is 11.8 Å². The maximum atomic E-state index is 11.4. The molecule has 2 N–H and O–H groups in total. The molecular weight excluding hydrogens is 234 g/mol. The Balaban J connectivity index is 1.55. The molecule has 0 spiro atoms. The van der Waals surface area contributed by atoms with E-state index in [2.05, 4.69) is 29.5 Å². The van der Waals surface area contributed by atoms with Crippen LogP contribution in [0.15, 0.2) is 4.99 Å². The number of carbonyl (C=O) groups excluding carboxylic acids is 1. The predicted molar refractivity (Wildman–Crippen MR) is 72.3 cm³/mol. The maximum absolute atomic E-state index is 11.4. The Morgan fingerprint density at radius 3 is 2.82 bits per heavy atom. The van der Waals surface area contributed by atoms with E-state index in [4.69, 9.17) is 0 Å². The fraction of sp³-hybridized carbons (Fsp3) is 0.833. The lowest BCUT2D eigenvalue weighted by Gasteiger charge is -2.12. The zero-order chi connectivity index (χ0) is 12.3. The third-order valence-corrected chi connectivity index (χ3v) is 4.56. The lowest BCUT2D eigenvalue weighted by Crippen LogP contribution is -2.34. The molecule has 1 unspecified atom stereocenters. The van der Waals surface area contributed by atoms with Crippen molar-refractivity contribution in [2.45, 2.75) is 31.9 Å². The molecular formula is C12H21N3OS. The van der Waals surface area contributed by atoms with Crippen LogP contribution < -0.4 is 10.6 Å². The number of aliphatic imine (C=N–C) groups is 1. The Kier molecular flexibility index (Phi) is 4.31. The highest BCUT2D eigenvalue weighted by Crippen LogP contribution is 2.28.